The molecule has 1 aliphatic heterocycles. The van der Waals surface area contributed by atoms with Gasteiger partial charge >= 0.3 is 0 Å². The van der Waals surface area contributed by atoms with E-state index in [0.29, 0.717) is 10.1 Å². The Labute approximate surface area is 194 Å². The highest BCUT2D eigenvalue weighted by molar-refractivity contribution is 8.16. The number of carbonyl (C=O) groups excluding carboxylic acids is 1. The molecule has 6 heteroatoms. The number of aliphatic imine (C=N–C) groups is 1. The van der Waals surface area contributed by atoms with Crippen molar-refractivity contribution in [2.75, 3.05) is 0 Å². The van der Waals surface area contributed by atoms with Crippen LogP contribution in [-0.2, 0) is 16.2 Å². The molecule has 0 aromatic heterocycles. The van der Waals surface area contributed by atoms with Gasteiger partial charge in [-0.15, -0.1) is 0 Å². The van der Waals surface area contributed by atoms with E-state index in [-0.39, 0.29) is 11.8 Å². The van der Waals surface area contributed by atoms with E-state index in [1.165, 1.54) is 11.8 Å². The molecule has 1 N–H and O–H groups in total. The molecule has 0 bridgehead atoms. The summed E-state index contributed by atoms with van der Waals surface area (Å²) in [6.45, 7) is 0. The van der Waals surface area contributed by atoms with Crippen LogP contribution in [0.1, 0.15) is 17.0 Å². The maximum absolute atomic E-state index is 13.1. The summed E-state index contributed by atoms with van der Waals surface area (Å²) in [5.74, 6) is -0.367. The molecule has 0 aliphatic carbocycles. The Hall–Kier alpha value is -3.06. The Balaban J connectivity index is 1.40. The van der Waals surface area contributed by atoms with Crippen molar-refractivity contribution in [1.29, 1.82) is 0 Å². The molecule has 4 aromatic rings. The molecule has 0 saturated heterocycles. The first-order valence-electron chi connectivity index (χ1n) is 10.3. The minimum atomic E-state index is -1.53. The summed E-state index contributed by atoms with van der Waals surface area (Å²) in [5, 5.41) is 1.90. The zero-order valence-electron chi connectivity index (χ0n) is 17.0. The van der Waals surface area contributed by atoms with Crippen molar-refractivity contribution in [3.05, 3.63) is 114 Å². The molecule has 1 aliphatic rings. The van der Waals surface area contributed by atoms with E-state index in [0.717, 1.165) is 21.9 Å². The predicted octanol–water partition coefficient (Wildman–Crippen LogP) is 5.28. The summed E-state index contributed by atoms with van der Waals surface area (Å²) in [6, 6.07) is 33.5. The average Bonchev–Trinajstić information content (AvgIpc) is 3.19. The second-order valence-electron chi connectivity index (χ2n) is 7.44. The standard InChI is InChI=1S/C26H20N2O2S2/c29-25-24(23(19-11-3-1-4-12-19)20-13-5-2-6-14-20)31-26(27-25)28-32(30)22-17-9-15-18-10-7-8-16-21(18)22/h1-17,23-24H,(H,27,28,29). The summed E-state index contributed by atoms with van der Waals surface area (Å²) in [6.07, 6.45) is 0. The normalized spacial score (nSPS) is 16.9. The molecular weight excluding hydrogens is 436 g/mol. The van der Waals surface area contributed by atoms with Gasteiger partial charge in [-0.1, -0.05) is 103 Å². The fraction of sp³-hybridized carbons (Fsp3) is 0.0769. The van der Waals surface area contributed by atoms with Crippen LogP contribution in [0.5, 0.6) is 0 Å². The minimum Gasteiger partial charge on any atom is -0.588 e. The van der Waals surface area contributed by atoms with E-state index in [2.05, 4.69) is 9.71 Å². The summed E-state index contributed by atoms with van der Waals surface area (Å²) in [7, 11) is 0. The van der Waals surface area contributed by atoms with Crippen LogP contribution in [0, 0.1) is 0 Å². The summed E-state index contributed by atoms with van der Waals surface area (Å²) in [4.78, 5) is 17.9. The summed E-state index contributed by atoms with van der Waals surface area (Å²) >= 11 is -0.193. The van der Waals surface area contributed by atoms with E-state index < -0.39 is 16.6 Å². The molecular formula is C26H20N2O2S2. The Morgan fingerprint density at radius 2 is 1.41 bits per heavy atom. The summed E-state index contributed by atoms with van der Waals surface area (Å²) < 4.78 is 16.1. The van der Waals surface area contributed by atoms with E-state index in [4.69, 9.17) is 0 Å². The first-order valence-corrected chi connectivity index (χ1v) is 12.3. The molecule has 4 aromatic carbocycles. The molecule has 2 atom stereocenters. The van der Waals surface area contributed by atoms with Crippen LogP contribution < -0.4 is 4.72 Å². The zero-order valence-corrected chi connectivity index (χ0v) is 18.7. The van der Waals surface area contributed by atoms with Crippen LogP contribution in [0.4, 0.5) is 0 Å². The lowest BCUT2D eigenvalue weighted by atomic mass is 9.88. The number of amides is 1. The second kappa shape index (κ2) is 9.20. The van der Waals surface area contributed by atoms with Crippen molar-refractivity contribution in [1.82, 2.24) is 4.72 Å². The number of benzene rings is 4. The first-order chi connectivity index (χ1) is 15.7. The summed E-state index contributed by atoms with van der Waals surface area (Å²) in [5.41, 5.74) is 2.10. The fourth-order valence-corrected chi connectivity index (χ4v) is 6.28. The maximum Gasteiger partial charge on any atom is 0.262 e. The highest BCUT2D eigenvalue weighted by Crippen LogP contribution is 2.39. The van der Waals surface area contributed by atoms with Crippen molar-refractivity contribution in [2.45, 2.75) is 16.1 Å². The van der Waals surface area contributed by atoms with E-state index >= 15 is 0 Å². The van der Waals surface area contributed by atoms with Crippen molar-refractivity contribution in [3.63, 3.8) is 0 Å². The lowest BCUT2D eigenvalue weighted by Gasteiger charge is -2.22. The topological polar surface area (TPSA) is 64.5 Å². The van der Waals surface area contributed by atoms with Gasteiger partial charge in [-0.05, 0) is 28.6 Å². The molecule has 0 spiro atoms. The number of carbonyl (C=O) groups is 1. The monoisotopic (exact) mass is 456 g/mol. The lowest BCUT2D eigenvalue weighted by molar-refractivity contribution is -0.117. The number of thioether (sulfide) groups is 1. The SMILES string of the molecule is O=C1N=C(N[S+]([O-])c2cccc3ccccc23)SC1C(c1ccccc1)c1ccccc1. The van der Waals surface area contributed by atoms with Crippen LogP contribution in [0.15, 0.2) is 113 Å². The Morgan fingerprint density at radius 3 is 2.09 bits per heavy atom. The zero-order chi connectivity index (χ0) is 21.9. The Morgan fingerprint density at radius 1 is 0.812 bits per heavy atom. The van der Waals surface area contributed by atoms with Gasteiger partial charge < -0.3 is 4.55 Å². The van der Waals surface area contributed by atoms with Crippen molar-refractivity contribution < 1.29 is 9.35 Å². The van der Waals surface area contributed by atoms with Gasteiger partial charge in [0.25, 0.3) is 5.91 Å². The molecule has 2 unspecified atom stereocenters. The van der Waals surface area contributed by atoms with Crippen LogP contribution in [0.2, 0.25) is 0 Å². The van der Waals surface area contributed by atoms with Gasteiger partial charge in [0.1, 0.15) is 16.6 Å². The first kappa shape index (κ1) is 20.8. The largest absolute Gasteiger partial charge is 0.588 e. The van der Waals surface area contributed by atoms with E-state index in [1.807, 2.05) is 103 Å². The van der Waals surface area contributed by atoms with Gasteiger partial charge in [-0.25, -0.2) is 0 Å². The van der Waals surface area contributed by atoms with E-state index in [1.54, 1.807) is 0 Å². The van der Waals surface area contributed by atoms with E-state index in [9.17, 15) is 9.35 Å². The fourth-order valence-electron chi connectivity index (χ4n) is 3.97. The molecule has 0 radical (unpaired) electrons. The third-order valence-electron chi connectivity index (χ3n) is 5.44. The predicted molar refractivity (Wildman–Crippen MR) is 132 cm³/mol. The molecule has 1 amide bonds. The highest BCUT2D eigenvalue weighted by atomic mass is 32.2. The van der Waals surface area contributed by atoms with Crippen LogP contribution >= 0.6 is 11.8 Å². The number of rotatable bonds is 5. The average molecular weight is 457 g/mol. The Bertz CT molecular complexity index is 1230. The lowest BCUT2D eigenvalue weighted by Crippen LogP contribution is -2.28. The Kier molecular flexibility index (Phi) is 5.99. The molecule has 5 rings (SSSR count). The number of amidine groups is 1. The molecule has 0 fully saturated rings. The van der Waals surface area contributed by atoms with Gasteiger partial charge in [0.2, 0.25) is 5.17 Å². The van der Waals surface area contributed by atoms with Gasteiger partial charge in [-0.2, -0.15) is 9.71 Å². The molecule has 32 heavy (non-hydrogen) atoms. The van der Waals surface area contributed by atoms with Gasteiger partial charge in [0.05, 0.1) is 0 Å². The number of hydrogen-bond donors (Lipinski definition) is 1. The number of fused-ring (bicyclic) bond motifs is 1. The third kappa shape index (κ3) is 4.17. The molecule has 1 heterocycles. The van der Waals surface area contributed by atoms with Gasteiger partial charge in [-0.3, -0.25) is 4.79 Å². The number of hydrogen-bond acceptors (Lipinski definition) is 4. The van der Waals surface area contributed by atoms with Crippen LogP contribution in [-0.4, -0.2) is 20.9 Å². The molecule has 158 valence electrons. The quantitative estimate of drug-likeness (QED) is 0.415. The van der Waals surface area contributed by atoms with Crippen molar-refractivity contribution >= 4 is 45.0 Å². The van der Waals surface area contributed by atoms with Crippen molar-refractivity contribution in [2.24, 2.45) is 4.99 Å². The number of nitrogens with one attached hydrogen (secondary N) is 1. The van der Waals surface area contributed by atoms with Gasteiger partial charge in [0.15, 0.2) is 4.90 Å². The smallest absolute Gasteiger partial charge is 0.262 e. The van der Waals surface area contributed by atoms with Crippen LogP contribution in [0.25, 0.3) is 10.8 Å². The molecule has 0 saturated carbocycles. The maximum atomic E-state index is 13.1. The van der Waals surface area contributed by atoms with Crippen LogP contribution in [0.3, 0.4) is 0 Å². The van der Waals surface area contributed by atoms with Gasteiger partial charge in [0, 0.05) is 11.3 Å². The molecule has 4 nitrogen and oxygen atoms in total. The highest BCUT2D eigenvalue weighted by Gasteiger charge is 2.38. The minimum absolute atomic E-state index is 0.149. The van der Waals surface area contributed by atoms with Crippen molar-refractivity contribution in [3.8, 4) is 0 Å². The second-order valence-corrected chi connectivity index (χ2v) is 9.75. The third-order valence-corrected chi connectivity index (χ3v) is 7.85. The number of nitrogens with zero attached hydrogens (tertiary/aromatic N) is 1.